The van der Waals surface area contributed by atoms with Crippen LogP contribution in [0.3, 0.4) is 0 Å². The van der Waals surface area contributed by atoms with Gasteiger partial charge in [0, 0.05) is 5.75 Å². The van der Waals surface area contributed by atoms with Gasteiger partial charge < -0.3 is 4.55 Å². The predicted octanol–water partition coefficient (Wildman–Crippen LogP) is 2.67. The maximum absolute atomic E-state index is 10.4. The van der Waals surface area contributed by atoms with E-state index in [1.807, 2.05) is 0 Å². The van der Waals surface area contributed by atoms with E-state index >= 15 is 0 Å². The molecule has 6 heteroatoms. The van der Waals surface area contributed by atoms with Crippen LogP contribution in [0.5, 0.6) is 0 Å². The predicted molar refractivity (Wildman–Crippen MR) is 92.5 cm³/mol. The van der Waals surface area contributed by atoms with Crippen molar-refractivity contribution >= 4 is 19.9 Å². The van der Waals surface area contributed by atoms with Crippen LogP contribution in [-0.4, -0.2) is 18.7 Å². The van der Waals surface area contributed by atoms with Gasteiger partial charge in [0.1, 0.15) is 9.15 Å². The summed E-state index contributed by atoms with van der Waals surface area (Å²) in [6.07, 6.45) is 18.0. The van der Waals surface area contributed by atoms with Crippen LogP contribution in [0.4, 0.5) is 0 Å². The Morgan fingerprint density at radius 1 is 0.682 bits per heavy atom. The summed E-state index contributed by atoms with van der Waals surface area (Å²) in [5.74, 6) is 0.448. The molecule has 0 bridgehead atoms. The molecule has 0 aliphatic heterocycles. The molecule has 0 saturated carbocycles. The van der Waals surface area contributed by atoms with Crippen molar-refractivity contribution in [2.75, 3.05) is 5.75 Å². The van der Waals surface area contributed by atoms with E-state index in [1.165, 1.54) is 70.6 Å². The summed E-state index contributed by atoms with van der Waals surface area (Å²) in [4.78, 5) is 0. The van der Waals surface area contributed by atoms with Crippen LogP contribution in [0.2, 0.25) is 0 Å². The van der Waals surface area contributed by atoms with E-state index in [0.29, 0.717) is 16.5 Å². The summed E-state index contributed by atoms with van der Waals surface area (Å²) in [5, 5.41) is 0. The molecule has 0 rings (SSSR count). The van der Waals surface area contributed by atoms with Crippen LogP contribution in [-0.2, 0) is 9.15 Å². The Morgan fingerprint density at radius 2 is 1.00 bits per heavy atom. The Bertz CT molecular complexity index is 309. The SMILES string of the molecule is CCCCCCCCCCCCCCCCSS(=O)(=O)[O-].[K+]. The Morgan fingerprint density at radius 3 is 1.32 bits per heavy atom. The van der Waals surface area contributed by atoms with Gasteiger partial charge in [0.05, 0.1) is 0 Å². The van der Waals surface area contributed by atoms with E-state index in [-0.39, 0.29) is 51.4 Å². The van der Waals surface area contributed by atoms with Gasteiger partial charge in [0.15, 0.2) is 0 Å². The summed E-state index contributed by atoms with van der Waals surface area (Å²) >= 11 is 0. The van der Waals surface area contributed by atoms with Crippen molar-refractivity contribution in [3.63, 3.8) is 0 Å². The van der Waals surface area contributed by atoms with Crippen molar-refractivity contribution in [1.29, 1.82) is 0 Å². The van der Waals surface area contributed by atoms with Gasteiger partial charge in [-0.15, -0.1) is 0 Å². The molecule has 0 heterocycles. The monoisotopic (exact) mass is 376 g/mol. The molecule has 0 radical (unpaired) electrons. The molecule has 128 valence electrons. The smallest absolute Gasteiger partial charge is 0.739 e. The Hall–Kier alpha value is 1.90. The zero-order valence-corrected chi connectivity index (χ0v) is 19.4. The van der Waals surface area contributed by atoms with Crippen molar-refractivity contribution in [3.8, 4) is 0 Å². The topological polar surface area (TPSA) is 57.2 Å². The van der Waals surface area contributed by atoms with Gasteiger partial charge in [-0.1, -0.05) is 90.4 Å². The third-order valence-corrected chi connectivity index (χ3v) is 5.84. The van der Waals surface area contributed by atoms with Gasteiger partial charge in [-0.3, -0.25) is 0 Å². The Kier molecular flexibility index (Phi) is 22.8. The minimum atomic E-state index is -4.08. The van der Waals surface area contributed by atoms with Gasteiger partial charge in [0.2, 0.25) is 0 Å². The molecule has 0 aromatic rings. The fourth-order valence-electron chi connectivity index (χ4n) is 2.46. The molecule has 0 atom stereocenters. The fourth-order valence-corrected chi connectivity index (χ4v) is 3.95. The molecule has 0 aromatic carbocycles. The van der Waals surface area contributed by atoms with E-state index in [2.05, 4.69) is 6.92 Å². The molecule has 0 spiro atoms. The Labute approximate surface area is 184 Å². The van der Waals surface area contributed by atoms with Gasteiger partial charge in [-0.05, 0) is 17.2 Å². The van der Waals surface area contributed by atoms with Crippen LogP contribution in [0.1, 0.15) is 96.8 Å². The molecule has 22 heavy (non-hydrogen) atoms. The third kappa shape index (κ3) is 24.2. The molecule has 0 fully saturated rings. The van der Waals surface area contributed by atoms with Crippen LogP contribution in [0.25, 0.3) is 0 Å². The normalized spacial score (nSPS) is 11.4. The maximum Gasteiger partial charge on any atom is 1.00 e. The second-order valence-corrected chi connectivity index (χ2v) is 9.22. The molecule has 0 amide bonds. The minimum absolute atomic E-state index is 0. The number of hydrogen-bond donors (Lipinski definition) is 0. The summed E-state index contributed by atoms with van der Waals surface area (Å²) in [5.41, 5.74) is 0. The molecule has 0 saturated heterocycles. The Balaban J connectivity index is 0. The first-order valence-corrected chi connectivity index (χ1v) is 11.6. The quantitative estimate of drug-likeness (QED) is 0.180. The molecule has 0 aliphatic carbocycles. The zero-order valence-electron chi connectivity index (χ0n) is 14.6. The van der Waals surface area contributed by atoms with Crippen LogP contribution >= 0.6 is 10.8 Å². The number of rotatable bonds is 16. The summed E-state index contributed by atoms with van der Waals surface area (Å²) < 4.78 is 31.1. The van der Waals surface area contributed by atoms with Crippen LogP contribution < -0.4 is 51.4 Å². The molecule has 0 N–H and O–H groups in total. The van der Waals surface area contributed by atoms with Gasteiger partial charge >= 0.3 is 51.4 Å². The number of hydrogen-bond acceptors (Lipinski definition) is 4. The second kappa shape index (κ2) is 19.2. The molecule has 3 nitrogen and oxygen atoms in total. The second-order valence-electron chi connectivity index (χ2n) is 5.83. The van der Waals surface area contributed by atoms with Gasteiger partial charge in [-0.25, -0.2) is 8.42 Å². The average molecular weight is 377 g/mol. The average Bonchev–Trinajstić information content (AvgIpc) is 2.42. The first-order chi connectivity index (χ1) is 10.1. The van der Waals surface area contributed by atoms with E-state index in [4.69, 9.17) is 0 Å². The van der Waals surface area contributed by atoms with E-state index in [1.54, 1.807) is 0 Å². The molecule has 0 unspecified atom stereocenters. The fraction of sp³-hybridized carbons (Fsp3) is 1.00. The zero-order chi connectivity index (χ0) is 15.8. The van der Waals surface area contributed by atoms with Crippen molar-refractivity contribution in [3.05, 3.63) is 0 Å². The van der Waals surface area contributed by atoms with Gasteiger partial charge in [-0.2, -0.15) is 0 Å². The van der Waals surface area contributed by atoms with E-state index in [0.717, 1.165) is 19.3 Å². The molecule has 0 aromatic heterocycles. The first-order valence-electron chi connectivity index (χ1n) is 8.66. The van der Waals surface area contributed by atoms with Crippen LogP contribution in [0, 0.1) is 0 Å². The summed E-state index contributed by atoms with van der Waals surface area (Å²) in [6, 6.07) is 0. The summed E-state index contributed by atoms with van der Waals surface area (Å²) in [6.45, 7) is 2.25. The first kappa shape index (κ1) is 26.1. The van der Waals surface area contributed by atoms with Crippen molar-refractivity contribution in [1.82, 2.24) is 0 Å². The third-order valence-electron chi connectivity index (χ3n) is 3.73. The number of unbranched alkanes of at least 4 members (excludes halogenated alkanes) is 13. The van der Waals surface area contributed by atoms with Crippen molar-refractivity contribution < 1.29 is 64.4 Å². The van der Waals surface area contributed by atoms with E-state index in [9.17, 15) is 13.0 Å². The standard InChI is InChI=1S/C16H34O3S2.K/c1-2-3-4-5-6-7-8-9-10-11-12-13-14-15-16-20-21(17,18)19;/h2-16H2,1H3,(H,17,18,19);/q;+1/p-1. The van der Waals surface area contributed by atoms with Crippen LogP contribution in [0.15, 0.2) is 0 Å². The molecular formula is C16H33KO3S2. The molecule has 0 aliphatic rings. The largest absolute Gasteiger partial charge is 1.00 e. The van der Waals surface area contributed by atoms with Gasteiger partial charge in [0.25, 0.3) is 0 Å². The van der Waals surface area contributed by atoms with Crippen molar-refractivity contribution in [2.24, 2.45) is 0 Å². The summed E-state index contributed by atoms with van der Waals surface area (Å²) in [7, 11) is -3.54. The minimum Gasteiger partial charge on any atom is -0.739 e. The van der Waals surface area contributed by atoms with E-state index < -0.39 is 9.15 Å². The van der Waals surface area contributed by atoms with Crippen molar-refractivity contribution in [2.45, 2.75) is 96.8 Å². The maximum atomic E-state index is 10.4. The molecular weight excluding hydrogens is 343 g/mol.